The van der Waals surface area contributed by atoms with Crippen LogP contribution in [0, 0.1) is 5.92 Å². The average Bonchev–Trinajstić information content (AvgIpc) is 2.80. The zero-order valence-electron chi connectivity index (χ0n) is 12.4. The molecule has 0 radical (unpaired) electrons. The van der Waals surface area contributed by atoms with Crippen molar-refractivity contribution in [1.82, 2.24) is 19.9 Å². The number of hydrogen-bond acceptors (Lipinski definition) is 4. The number of carbonyl (C=O) groups excluding carboxylic acids is 1. The van der Waals surface area contributed by atoms with Crippen LogP contribution in [-0.2, 0) is 11.3 Å². The third-order valence-corrected chi connectivity index (χ3v) is 2.88. The molecule has 1 N–H and O–H groups in total. The Labute approximate surface area is 118 Å². The zero-order valence-corrected chi connectivity index (χ0v) is 12.4. The maximum absolute atomic E-state index is 12.2. The van der Waals surface area contributed by atoms with Crippen LogP contribution in [0.15, 0.2) is 6.20 Å². The Morgan fingerprint density at radius 3 is 2.50 bits per heavy atom. The molecule has 1 rings (SSSR count). The minimum absolute atomic E-state index is 0.184. The largest absolute Gasteiger partial charge is 0.480 e. The maximum Gasteiger partial charge on any atom is 0.323 e. The highest BCUT2D eigenvalue weighted by molar-refractivity contribution is 5.94. The number of carboxylic acids is 1. The summed E-state index contributed by atoms with van der Waals surface area (Å²) in [5, 5.41) is 16.6. The van der Waals surface area contributed by atoms with E-state index in [1.807, 2.05) is 0 Å². The topological polar surface area (TPSA) is 88.3 Å². The molecule has 0 bridgehead atoms. The van der Waals surface area contributed by atoms with E-state index in [1.54, 1.807) is 24.7 Å². The van der Waals surface area contributed by atoms with Crippen molar-refractivity contribution in [1.29, 1.82) is 0 Å². The first kappa shape index (κ1) is 16.1. The molecule has 0 atom stereocenters. The van der Waals surface area contributed by atoms with Gasteiger partial charge in [0.1, 0.15) is 6.54 Å². The van der Waals surface area contributed by atoms with Crippen LogP contribution in [0.4, 0.5) is 0 Å². The highest BCUT2D eigenvalue weighted by Crippen LogP contribution is 2.07. The van der Waals surface area contributed by atoms with E-state index < -0.39 is 11.9 Å². The van der Waals surface area contributed by atoms with Crippen molar-refractivity contribution in [3.63, 3.8) is 0 Å². The van der Waals surface area contributed by atoms with Gasteiger partial charge in [-0.25, -0.2) is 0 Å². The standard InChI is InChI=1S/C13H22N4O3/c1-9(2)5-6-16-7-11(14-15-16)13(20)17(10(3)4)8-12(18)19/h7,9-10H,5-6,8H2,1-4H3,(H,18,19). The molecule has 0 aliphatic heterocycles. The van der Waals surface area contributed by atoms with Crippen molar-refractivity contribution in [3.05, 3.63) is 11.9 Å². The summed E-state index contributed by atoms with van der Waals surface area (Å²) in [7, 11) is 0. The number of hydrogen-bond donors (Lipinski definition) is 1. The van der Waals surface area contributed by atoms with E-state index >= 15 is 0 Å². The van der Waals surface area contributed by atoms with Crippen LogP contribution in [-0.4, -0.2) is 49.5 Å². The monoisotopic (exact) mass is 282 g/mol. The van der Waals surface area contributed by atoms with Gasteiger partial charge in [0.25, 0.3) is 5.91 Å². The minimum atomic E-state index is -1.04. The van der Waals surface area contributed by atoms with Gasteiger partial charge in [0, 0.05) is 12.6 Å². The number of amides is 1. The van der Waals surface area contributed by atoms with Crippen molar-refractivity contribution >= 4 is 11.9 Å². The molecule has 0 fully saturated rings. The van der Waals surface area contributed by atoms with Crippen LogP contribution in [0.1, 0.15) is 44.6 Å². The normalized spacial score (nSPS) is 11.1. The van der Waals surface area contributed by atoms with Crippen LogP contribution in [0.3, 0.4) is 0 Å². The summed E-state index contributed by atoms with van der Waals surface area (Å²) in [6, 6.07) is -0.209. The summed E-state index contributed by atoms with van der Waals surface area (Å²) in [4.78, 5) is 24.3. The highest BCUT2D eigenvalue weighted by atomic mass is 16.4. The molecule has 0 unspecified atom stereocenters. The fourth-order valence-electron chi connectivity index (χ4n) is 1.68. The van der Waals surface area contributed by atoms with Crippen molar-refractivity contribution in [3.8, 4) is 0 Å². The molecule has 0 aliphatic carbocycles. The highest BCUT2D eigenvalue weighted by Gasteiger charge is 2.23. The van der Waals surface area contributed by atoms with E-state index in [9.17, 15) is 9.59 Å². The van der Waals surface area contributed by atoms with Crippen molar-refractivity contribution in [2.45, 2.75) is 46.7 Å². The van der Waals surface area contributed by atoms with E-state index in [-0.39, 0.29) is 18.3 Å². The van der Waals surface area contributed by atoms with Gasteiger partial charge in [-0.1, -0.05) is 19.1 Å². The Morgan fingerprint density at radius 2 is 2.00 bits per heavy atom. The zero-order chi connectivity index (χ0) is 15.3. The minimum Gasteiger partial charge on any atom is -0.480 e. The van der Waals surface area contributed by atoms with E-state index in [4.69, 9.17) is 5.11 Å². The third kappa shape index (κ3) is 4.64. The molecule has 20 heavy (non-hydrogen) atoms. The van der Waals surface area contributed by atoms with Gasteiger partial charge >= 0.3 is 5.97 Å². The van der Waals surface area contributed by atoms with Crippen LogP contribution in [0.25, 0.3) is 0 Å². The first-order valence-electron chi connectivity index (χ1n) is 6.74. The number of nitrogens with zero attached hydrogens (tertiary/aromatic N) is 4. The van der Waals surface area contributed by atoms with Crippen molar-refractivity contribution < 1.29 is 14.7 Å². The summed E-state index contributed by atoms with van der Waals surface area (Å²) < 4.78 is 1.62. The van der Waals surface area contributed by atoms with Gasteiger partial charge in [0.05, 0.1) is 6.20 Å². The second-order valence-electron chi connectivity index (χ2n) is 5.47. The first-order chi connectivity index (χ1) is 9.31. The lowest BCUT2D eigenvalue weighted by Gasteiger charge is -2.23. The Hall–Kier alpha value is -1.92. The Bertz CT molecular complexity index is 468. The van der Waals surface area contributed by atoms with Gasteiger partial charge in [0.15, 0.2) is 5.69 Å². The number of aliphatic carboxylic acids is 1. The molecule has 1 aromatic rings. The van der Waals surface area contributed by atoms with Gasteiger partial charge < -0.3 is 10.0 Å². The van der Waals surface area contributed by atoms with Gasteiger partial charge in [-0.2, -0.15) is 0 Å². The van der Waals surface area contributed by atoms with Gasteiger partial charge in [0.2, 0.25) is 0 Å². The Morgan fingerprint density at radius 1 is 1.35 bits per heavy atom. The second-order valence-corrected chi connectivity index (χ2v) is 5.47. The average molecular weight is 282 g/mol. The van der Waals surface area contributed by atoms with Gasteiger partial charge in [-0.3, -0.25) is 14.3 Å². The summed E-state index contributed by atoms with van der Waals surface area (Å²) in [5.74, 6) is -0.907. The van der Waals surface area contributed by atoms with Gasteiger partial charge in [-0.05, 0) is 26.2 Å². The predicted octanol–water partition coefficient (Wildman–Crippen LogP) is 1.26. The van der Waals surface area contributed by atoms with E-state index in [2.05, 4.69) is 24.2 Å². The summed E-state index contributed by atoms with van der Waals surface area (Å²) in [5.41, 5.74) is 0.184. The lowest BCUT2D eigenvalue weighted by molar-refractivity contribution is -0.138. The summed E-state index contributed by atoms with van der Waals surface area (Å²) >= 11 is 0. The molecule has 0 saturated heterocycles. The van der Waals surface area contributed by atoms with Crippen molar-refractivity contribution in [2.75, 3.05) is 6.54 Å². The molecule has 7 heteroatoms. The number of aryl methyl sites for hydroxylation is 1. The SMILES string of the molecule is CC(C)CCn1cc(C(=O)N(CC(=O)O)C(C)C)nn1. The van der Waals surface area contributed by atoms with E-state index in [0.29, 0.717) is 12.5 Å². The number of aromatic nitrogens is 3. The second kappa shape index (κ2) is 7.02. The first-order valence-corrected chi connectivity index (χ1v) is 6.74. The molecular formula is C13H22N4O3. The quantitative estimate of drug-likeness (QED) is 0.813. The van der Waals surface area contributed by atoms with Crippen LogP contribution in [0.2, 0.25) is 0 Å². The molecule has 1 heterocycles. The smallest absolute Gasteiger partial charge is 0.323 e. The van der Waals surface area contributed by atoms with Crippen molar-refractivity contribution in [2.24, 2.45) is 5.92 Å². The molecule has 1 amide bonds. The molecule has 112 valence electrons. The maximum atomic E-state index is 12.2. The fraction of sp³-hybridized carbons (Fsp3) is 0.692. The summed E-state index contributed by atoms with van der Waals surface area (Å²) in [6.07, 6.45) is 2.52. The molecule has 0 aromatic carbocycles. The number of rotatable bonds is 7. The summed E-state index contributed by atoms with van der Waals surface area (Å²) in [6.45, 7) is 8.11. The molecule has 0 saturated carbocycles. The lowest BCUT2D eigenvalue weighted by Crippen LogP contribution is -2.40. The van der Waals surface area contributed by atoms with Crippen LogP contribution >= 0.6 is 0 Å². The number of carbonyl (C=O) groups is 2. The number of carboxylic acid groups (broad SMARTS) is 1. The molecule has 0 spiro atoms. The predicted molar refractivity (Wildman–Crippen MR) is 73.3 cm³/mol. The molecule has 7 nitrogen and oxygen atoms in total. The van der Waals surface area contributed by atoms with E-state index in [1.165, 1.54) is 4.90 Å². The molecule has 1 aromatic heterocycles. The lowest BCUT2D eigenvalue weighted by atomic mass is 10.1. The third-order valence-electron chi connectivity index (χ3n) is 2.88. The molecular weight excluding hydrogens is 260 g/mol. The molecule has 0 aliphatic rings. The fourth-order valence-corrected chi connectivity index (χ4v) is 1.68. The van der Waals surface area contributed by atoms with Gasteiger partial charge in [-0.15, -0.1) is 5.10 Å². The Kier molecular flexibility index (Phi) is 5.66. The van der Waals surface area contributed by atoms with Crippen LogP contribution in [0.5, 0.6) is 0 Å². The van der Waals surface area contributed by atoms with Crippen LogP contribution < -0.4 is 0 Å². The Balaban J connectivity index is 2.77. The van der Waals surface area contributed by atoms with E-state index in [0.717, 1.165) is 6.42 Å².